The fourth-order valence-corrected chi connectivity index (χ4v) is 4.27. The van der Waals surface area contributed by atoms with E-state index in [1.807, 2.05) is 0 Å². The van der Waals surface area contributed by atoms with Crippen LogP contribution in [0.5, 0.6) is 0 Å². The molecule has 0 radical (unpaired) electrons. The second-order valence-electron chi connectivity index (χ2n) is 8.78. The largest absolute Gasteiger partial charge is 0.377 e. The maximum atomic E-state index is 5.57. The first kappa shape index (κ1) is 21.1. The standard InChI is InChI=1S/C21H43N3O/c1-18(2)24-14-8-21(9-15-24)17-23-12-6-20(7-13-23)5-10-22-11-16-25-19(3)4/h18-22H,5-17H2,1-4H3. The fourth-order valence-electron chi connectivity index (χ4n) is 4.27. The van der Waals surface area contributed by atoms with E-state index in [1.54, 1.807) is 0 Å². The second kappa shape index (κ2) is 11.5. The molecule has 1 N–H and O–H groups in total. The highest BCUT2D eigenvalue weighted by Crippen LogP contribution is 2.24. The third-order valence-electron chi connectivity index (χ3n) is 6.06. The van der Waals surface area contributed by atoms with Crippen LogP contribution in [0, 0.1) is 11.8 Å². The molecule has 2 fully saturated rings. The Morgan fingerprint density at radius 1 is 0.880 bits per heavy atom. The average Bonchev–Trinajstić information content (AvgIpc) is 2.59. The number of likely N-dealkylation sites (tertiary alicyclic amines) is 2. The van der Waals surface area contributed by atoms with Gasteiger partial charge in [0.1, 0.15) is 0 Å². The highest BCUT2D eigenvalue weighted by Gasteiger charge is 2.25. The Morgan fingerprint density at radius 3 is 2.12 bits per heavy atom. The molecule has 2 saturated heterocycles. The van der Waals surface area contributed by atoms with Crippen LogP contribution >= 0.6 is 0 Å². The van der Waals surface area contributed by atoms with Gasteiger partial charge in [0.25, 0.3) is 0 Å². The lowest BCUT2D eigenvalue weighted by molar-refractivity contribution is 0.0802. The van der Waals surface area contributed by atoms with Gasteiger partial charge in [0, 0.05) is 19.1 Å². The summed E-state index contributed by atoms with van der Waals surface area (Å²) < 4.78 is 5.57. The van der Waals surface area contributed by atoms with Crippen LogP contribution in [0.15, 0.2) is 0 Å². The Morgan fingerprint density at radius 2 is 1.52 bits per heavy atom. The molecule has 0 aliphatic carbocycles. The number of nitrogens with zero attached hydrogens (tertiary/aromatic N) is 2. The van der Waals surface area contributed by atoms with Gasteiger partial charge in [-0.1, -0.05) is 0 Å². The minimum absolute atomic E-state index is 0.351. The number of ether oxygens (including phenoxy) is 1. The van der Waals surface area contributed by atoms with Gasteiger partial charge < -0.3 is 19.9 Å². The Balaban J connectivity index is 1.49. The third-order valence-corrected chi connectivity index (χ3v) is 6.06. The number of nitrogens with one attached hydrogen (secondary N) is 1. The number of hydrogen-bond donors (Lipinski definition) is 1. The Hall–Kier alpha value is -0.160. The summed E-state index contributed by atoms with van der Waals surface area (Å²) in [4.78, 5) is 5.39. The van der Waals surface area contributed by atoms with Crippen LogP contribution in [-0.4, -0.2) is 74.4 Å². The van der Waals surface area contributed by atoms with Gasteiger partial charge in [-0.2, -0.15) is 0 Å². The van der Waals surface area contributed by atoms with Crippen molar-refractivity contribution in [3.05, 3.63) is 0 Å². The maximum absolute atomic E-state index is 5.57. The molecular formula is C21H43N3O. The van der Waals surface area contributed by atoms with Gasteiger partial charge in [-0.25, -0.2) is 0 Å². The van der Waals surface area contributed by atoms with Crippen molar-refractivity contribution in [2.75, 3.05) is 52.4 Å². The van der Waals surface area contributed by atoms with E-state index in [-0.39, 0.29) is 0 Å². The molecule has 0 bridgehead atoms. The van der Waals surface area contributed by atoms with E-state index in [4.69, 9.17) is 4.74 Å². The zero-order chi connectivity index (χ0) is 18.1. The van der Waals surface area contributed by atoms with E-state index < -0.39 is 0 Å². The van der Waals surface area contributed by atoms with Gasteiger partial charge in [-0.05, 0) is 104 Å². The van der Waals surface area contributed by atoms with Gasteiger partial charge in [0.15, 0.2) is 0 Å². The summed E-state index contributed by atoms with van der Waals surface area (Å²) in [5.41, 5.74) is 0. The van der Waals surface area contributed by atoms with Crippen molar-refractivity contribution in [3.63, 3.8) is 0 Å². The maximum Gasteiger partial charge on any atom is 0.0594 e. The molecule has 25 heavy (non-hydrogen) atoms. The number of piperidine rings is 2. The molecular weight excluding hydrogens is 310 g/mol. The van der Waals surface area contributed by atoms with Crippen LogP contribution in [0.1, 0.15) is 59.8 Å². The zero-order valence-corrected chi connectivity index (χ0v) is 17.3. The summed E-state index contributed by atoms with van der Waals surface area (Å²) in [6.07, 6.45) is 7.29. The van der Waals surface area contributed by atoms with Crippen LogP contribution in [0.2, 0.25) is 0 Å². The molecule has 0 aromatic heterocycles. The van der Waals surface area contributed by atoms with Gasteiger partial charge >= 0.3 is 0 Å². The number of rotatable bonds is 10. The first-order chi connectivity index (χ1) is 12.0. The lowest BCUT2D eigenvalue weighted by Gasteiger charge is -2.39. The molecule has 0 atom stereocenters. The Kier molecular flexibility index (Phi) is 9.75. The molecule has 0 aromatic carbocycles. The Bertz CT molecular complexity index is 332. The van der Waals surface area contributed by atoms with E-state index in [2.05, 4.69) is 42.8 Å². The van der Waals surface area contributed by atoms with Crippen molar-refractivity contribution in [2.24, 2.45) is 11.8 Å². The Labute approximate surface area is 156 Å². The molecule has 0 amide bonds. The normalized spacial score (nSPS) is 22.3. The fraction of sp³-hybridized carbons (Fsp3) is 1.00. The van der Waals surface area contributed by atoms with Crippen LogP contribution < -0.4 is 5.32 Å². The molecule has 0 spiro atoms. The van der Waals surface area contributed by atoms with Crippen LogP contribution in [0.25, 0.3) is 0 Å². The third kappa shape index (κ3) is 8.38. The van der Waals surface area contributed by atoms with Crippen molar-refractivity contribution < 1.29 is 4.74 Å². The summed E-state index contributed by atoms with van der Waals surface area (Å²) in [6.45, 7) is 18.5. The molecule has 0 unspecified atom stereocenters. The van der Waals surface area contributed by atoms with Crippen molar-refractivity contribution in [1.29, 1.82) is 0 Å². The van der Waals surface area contributed by atoms with Gasteiger partial charge in [-0.3, -0.25) is 0 Å². The smallest absolute Gasteiger partial charge is 0.0594 e. The highest BCUT2D eigenvalue weighted by molar-refractivity contribution is 4.79. The van der Waals surface area contributed by atoms with Crippen molar-refractivity contribution in [1.82, 2.24) is 15.1 Å². The first-order valence-corrected chi connectivity index (χ1v) is 10.8. The van der Waals surface area contributed by atoms with Crippen LogP contribution in [0.3, 0.4) is 0 Å². The van der Waals surface area contributed by atoms with Crippen molar-refractivity contribution >= 4 is 0 Å². The molecule has 148 valence electrons. The lowest BCUT2D eigenvalue weighted by atomic mass is 9.91. The monoisotopic (exact) mass is 353 g/mol. The zero-order valence-electron chi connectivity index (χ0n) is 17.3. The summed E-state index contributed by atoms with van der Waals surface area (Å²) in [5, 5.41) is 3.53. The van der Waals surface area contributed by atoms with Crippen LogP contribution in [0.4, 0.5) is 0 Å². The van der Waals surface area contributed by atoms with Gasteiger partial charge in [0.05, 0.1) is 12.7 Å². The molecule has 2 rings (SSSR count). The molecule has 0 aromatic rings. The van der Waals surface area contributed by atoms with E-state index in [0.717, 1.165) is 37.6 Å². The van der Waals surface area contributed by atoms with Crippen molar-refractivity contribution in [2.45, 2.75) is 71.9 Å². The predicted octanol–water partition coefficient (Wildman–Crippen LogP) is 3.22. The summed E-state index contributed by atoms with van der Waals surface area (Å²) in [6, 6.07) is 0.724. The first-order valence-electron chi connectivity index (χ1n) is 10.8. The predicted molar refractivity (Wildman–Crippen MR) is 107 cm³/mol. The van der Waals surface area contributed by atoms with E-state index >= 15 is 0 Å². The topological polar surface area (TPSA) is 27.7 Å². The van der Waals surface area contributed by atoms with Crippen LogP contribution in [-0.2, 0) is 4.74 Å². The van der Waals surface area contributed by atoms with Gasteiger partial charge in [0.2, 0.25) is 0 Å². The molecule has 4 nitrogen and oxygen atoms in total. The highest BCUT2D eigenvalue weighted by atomic mass is 16.5. The average molecular weight is 354 g/mol. The molecule has 2 heterocycles. The molecule has 0 saturated carbocycles. The molecule has 4 heteroatoms. The van der Waals surface area contributed by atoms with E-state index in [1.165, 1.54) is 64.8 Å². The minimum atomic E-state index is 0.351. The molecule has 2 aliphatic rings. The van der Waals surface area contributed by atoms with Gasteiger partial charge in [-0.15, -0.1) is 0 Å². The minimum Gasteiger partial charge on any atom is -0.377 e. The van der Waals surface area contributed by atoms with E-state index in [0.29, 0.717) is 6.10 Å². The second-order valence-corrected chi connectivity index (χ2v) is 8.78. The summed E-state index contributed by atoms with van der Waals surface area (Å²) in [5.74, 6) is 1.87. The summed E-state index contributed by atoms with van der Waals surface area (Å²) in [7, 11) is 0. The van der Waals surface area contributed by atoms with E-state index in [9.17, 15) is 0 Å². The van der Waals surface area contributed by atoms with Crippen molar-refractivity contribution in [3.8, 4) is 0 Å². The lowest BCUT2D eigenvalue weighted by Crippen LogP contribution is -2.43. The quantitative estimate of drug-likeness (QED) is 0.610. The molecule has 2 aliphatic heterocycles. The number of hydrogen-bond acceptors (Lipinski definition) is 4. The SMILES string of the molecule is CC(C)OCCNCCC1CCN(CC2CCN(C(C)C)CC2)CC1. The summed E-state index contributed by atoms with van der Waals surface area (Å²) >= 11 is 0.